The Morgan fingerprint density at radius 1 is 1.19 bits per heavy atom. The third-order valence-electron chi connectivity index (χ3n) is 4.11. The Kier molecular flexibility index (Phi) is 6.94. The second-order valence-electron chi connectivity index (χ2n) is 5.63. The molecule has 2 N–H and O–H groups in total. The summed E-state index contributed by atoms with van der Waals surface area (Å²) in [6.07, 6.45) is 2.38. The van der Waals surface area contributed by atoms with Crippen LogP contribution in [0, 0.1) is 0 Å². The smallest absolute Gasteiger partial charge is 0.0871 e. The average Bonchev–Trinajstić information content (AvgIpc) is 2.83. The first kappa shape index (κ1) is 17.7. The lowest BCUT2D eigenvalue weighted by atomic mass is 9.94. The molecule has 21 heavy (non-hydrogen) atoms. The summed E-state index contributed by atoms with van der Waals surface area (Å²) >= 11 is 6.79. The molecule has 0 spiro atoms. The zero-order valence-corrected chi connectivity index (χ0v) is 15.2. The van der Waals surface area contributed by atoms with Gasteiger partial charge in [-0.1, -0.05) is 38.8 Å². The number of hydrogen-bond acceptors (Lipinski definition) is 4. The standard InChI is InChI=1S/C15H22Br2O4/c1-2-10(17)13-7-11(18)12(19)8-15-14(21-13)6-9(20-15)4-3-5-16/h4-5,9-15,18-19H,2,6-8H2,1H3/t3?,9-,10+,11+,12-,13-,14-,15-/m1/s1. The fourth-order valence-electron chi connectivity index (χ4n) is 2.92. The molecular formula is C15H22Br2O4. The van der Waals surface area contributed by atoms with Gasteiger partial charge >= 0.3 is 0 Å². The number of halogens is 2. The number of aliphatic hydroxyl groups is 2. The molecule has 0 aromatic heterocycles. The van der Waals surface area contributed by atoms with Crippen LogP contribution in [0.15, 0.2) is 16.8 Å². The van der Waals surface area contributed by atoms with Crippen LogP contribution in [0.25, 0.3) is 0 Å². The van der Waals surface area contributed by atoms with Crippen molar-refractivity contribution in [3.63, 3.8) is 0 Å². The predicted molar refractivity (Wildman–Crippen MR) is 87.8 cm³/mol. The van der Waals surface area contributed by atoms with Gasteiger partial charge in [0.25, 0.3) is 0 Å². The Morgan fingerprint density at radius 2 is 1.86 bits per heavy atom. The van der Waals surface area contributed by atoms with Crippen LogP contribution in [0.1, 0.15) is 32.6 Å². The van der Waals surface area contributed by atoms with E-state index < -0.39 is 12.2 Å². The number of fused-ring (bicyclic) bond motifs is 1. The van der Waals surface area contributed by atoms with Crippen LogP contribution in [-0.4, -0.2) is 51.7 Å². The van der Waals surface area contributed by atoms with Crippen molar-refractivity contribution in [1.82, 2.24) is 0 Å². The Balaban J connectivity index is 2.11. The number of hydrogen-bond donors (Lipinski definition) is 2. The molecule has 0 bridgehead atoms. The molecule has 0 saturated carbocycles. The van der Waals surface area contributed by atoms with E-state index >= 15 is 0 Å². The summed E-state index contributed by atoms with van der Waals surface area (Å²) in [5.41, 5.74) is 2.96. The number of ether oxygens (including phenoxy) is 2. The molecule has 7 atom stereocenters. The van der Waals surface area contributed by atoms with Gasteiger partial charge in [-0.2, -0.15) is 0 Å². The van der Waals surface area contributed by atoms with Crippen molar-refractivity contribution in [3.8, 4) is 0 Å². The molecule has 120 valence electrons. The molecule has 2 fully saturated rings. The molecule has 0 aromatic carbocycles. The van der Waals surface area contributed by atoms with Gasteiger partial charge in [-0.15, -0.1) is 5.73 Å². The molecular weight excluding hydrogens is 404 g/mol. The van der Waals surface area contributed by atoms with E-state index in [1.807, 2.05) is 6.08 Å². The molecule has 2 aliphatic heterocycles. The van der Waals surface area contributed by atoms with Gasteiger partial charge in [-0.25, -0.2) is 0 Å². The van der Waals surface area contributed by atoms with E-state index in [0.29, 0.717) is 12.8 Å². The molecule has 2 rings (SSSR count). The van der Waals surface area contributed by atoms with E-state index in [9.17, 15) is 10.2 Å². The summed E-state index contributed by atoms with van der Waals surface area (Å²) in [5.74, 6) is 0. The Hall–Kier alpha value is 0.320. The lowest BCUT2D eigenvalue weighted by molar-refractivity contribution is -0.122. The van der Waals surface area contributed by atoms with Gasteiger partial charge < -0.3 is 19.7 Å². The molecule has 2 heterocycles. The van der Waals surface area contributed by atoms with Crippen molar-refractivity contribution in [2.45, 2.75) is 74.1 Å². The minimum absolute atomic E-state index is 0.0536. The van der Waals surface area contributed by atoms with E-state index in [0.717, 1.165) is 12.8 Å². The van der Waals surface area contributed by atoms with Gasteiger partial charge in [0.15, 0.2) is 0 Å². The van der Waals surface area contributed by atoms with Crippen molar-refractivity contribution in [3.05, 3.63) is 16.8 Å². The topological polar surface area (TPSA) is 58.9 Å². The summed E-state index contributed by atoms with van der Waals surface area (Å²) < 4.78 is 12.1. The van der Waals surface area contributed by atoms with Gasteiger partial charge in [-0.3, -0.25) is 0 Å². The Bertz CT molecular complexity index is 397. The van der Waals surface area contributed by atoms with E-state index in [1.54, 1.807) is 4.99 Å². The van der Waals surface area contributed by atoms with Crippen molar-refractivity contribution in [2.24, 2.45) is 0 Å². The van der Waals surface area contributed by atoms with Crippen LogP contribution < -0.4 is 0 Å². The minimum atomic E-state index is -0.775. The maximum absolute atomic E-state index is 10.1. The largest absolute Gasteiger partial charge is 0.390 e. The third kappa shape index (κ3) is 4.64. The molecule has 4 nitrogen and oxygen atoms in total. The zero-order valence-electron chi connectivity index (χ0n) is 12.0. The summed E-state index contributed by atoms with van der Waals surface area (Å²) in [7, 11) is 0. The quantitative estimate of drug-likeness (QED) is 0.539. The molecule has 0 radical (unpaired) electrons. The van der Waals surface area contributed by atoms with Crippen LogP contribution >= 0.6 is 31.9 Å². The van der Waals surface area contributed by atoms with Crippen molar-refractivity contribution >= 4 is 31.9 Å². The Labute approximate surface area is 142 Å². The van der Waals surface area contributed by atoms with Crippen LogP contribution in [0.3, 0.4) is 0 Å². The highest BCUT2D eigenvalue weighted by Gasteiger charge is 2.42. The molecule has 6 heteroatoms. The molecule has 0 amide bonds. The first-order chi connectivity index (χ1) is 10.0. The molecule has 2 saturated heterocycles. The lowest BCUT2D eigenvalue weighted by Gasteiger charge is -2.34. The fourth-order valence-corrected chi connectivity index (χ4v) is 3.41. The highest BCUT2D eigenvalue weighted by molar-refractivity contribution is 9.11. The first-order valence-electron chi connectivity index (χ1n) is 7.37. The van der Waals surface area contributed by atoms with Crippen molar-refractivity contribution < 1.29 is 19.7 Å². The van der Waals surface area contributed by atoms with Gasteiger partial charge in [0.2, 0.25) is 0 Å². The van der Waals surface area contributed by atoms with Gasteiger partial charge in [-0.05, 0) is 12.5 Å². The maximum atomic E-state index is 10.1. The summed E-state index contributed by atoms with van der Waals surface area (Å²) in [5, 5.41) is 20.2. The average molecular weight is 426 g/mol. The van der Waals surface area contributed by atoms with Crippen molar-refractivity contribution in [1.29, 1.82) is 0 Å². The van der Waals surface area contributed by atoms with E-state index in [2.05, 4.69) is 44.5 Å². The third-order valence-corrected chi connectivity index (χ3v) is 5.61. The van der Waals surface area contributed by atoms with Crippen LogP contribution in [0.5, 0.6) is 0 Å². The fraction of sp³-hybridized carbons (Fsp3) is 0.800. The molecule has 0 unspecified atom stereocenters. The highest BCUT2D eigenvalue weighted by Crippen LogP contribution is 2.34. The maximum Gasteiger partial charge on any atom is 0.0871 e. The predicted octanol–water partition coefficient (Wildman–Crippen LogP) is 2.65. The van der Waals surface area contributed by atoms with Crippen LogP contribution in [-0.2, 0) is 9.47 Å². The van der Waals surface area contributed by atoms with Crippen LogP contribution in [0.2, 0.25) is 0 Å². The second-order valence-corrected chi connectivity index (χ2v) is 7.27. The molecule has 2 aliphatic rings. The first-order valence-corrected chi connectivity index (χ1v) is 9.20. The zero-order chi connectivity index (χ0) is 15.4. The normalized spacial score (nSPS) is 41.4. The van der Waals surface area contributed by atoms with Crippen molar-refractivity contribution in [2.75, 3.05) is 0 Å². The summed E-state index contributed by atoms with van der Waals surface area (Å²) in [4.78, 5) is 1.82. The van der Waals surface area contributed by atoms with Gasteiger partial charge in [0, 0.05) is 29.1 Å². The van der Waals surface area contributed by atoms with E-state index in [-0.39, 0.29) is 29.2 Å². The minimum Gasteiger partial charge on any atom is -0.390 e. The van der Waals surface area contributed by atoms with Gasteiger partial charge in [0.1, 0.15) is 0 Å². The second kappa shape index (κ2) is 8.25. The molecule has 0 aliphatic carbocycles. The van der Waals surface area contributed by atoms with E-state index in [1.165, 1.54) is 0 Å². The Morgan fingerprint density at radius 3 is 2.52 bits per heavy atom. The van der Waals surface area contributed by atoms with Gasteiger partial charge in [0.05, 0.1) is 36.6 Å². The monoisotopic (exact) mass is 424 g/mol. The molecule has 0 aromatic rings. The summed E-state index contributed by atoms with van der Waals surface area (Å²) in [6.45, 7) is 2.07. The van der Waals surface area contributed by atoms with E-state index in [4.69, 9.17) is 9.47 Å². The highest BCUT2D eigenvalue weighted by atomic mass is 79.9. The lowest BCUT2D eigenvalue weighted by Crippen LogP contribution is -2.44. The number of rotatable bonds is 3. The summed E-state index contributed by atoms with van der Waals surface area (Å²) in [6, 6.07) is 0. The number of aliphatic hydroxyl groups excluding tert-OH is 2. The SMILES string of the molecule is CC[C@H](Br)[C@H]1C[C@H](O)[C@H](O)C[C@H]2O[C@H](C=C=CBr)C[C@H]2O1. The van der Waals surface area contributed by atoms with Crippen LogP contribution in [0.4, 0.5) is 0 Å². The number of alkyl halides is 1.